The van der Waals surface area contributed by atoms with E-state index in [0.717, 1.165) is 16.3 Å². The number of methoxy groups -OCH3 is 1. The molecule has 5 nitrogen and oxygen atoms in total. The summed E-state index contributed by atoms with van der Waals surface area (Å²) in [5.41, 5.74) is 2.55. The quantitative estimate of drug-likeness (QED) is 0.694. The van der Waals surface area contributed by atoms with Crippen LogP contribution in [0.1, 0.15) is 26.1 Å². The number of carbonyl (C=O) groups excluding carboxylic acids is 1. The van der Waals surface area contributed by atoms with Gasteiger partial charge in [-0.3, -0.25) is 0 Å². The van der Waals surface area contributed by atoms with Crippen LogP contribution in [0.5, 0.6) is 0 Å². The maximum atomic E-state index is 11.6. The van der Waals surface area contributed by atoms with Crippen LogP contribution in [0, 0.1) is 6.92 Å². The highest BCUT2D eigenvalue weighted by atomic mass is 32.1. The summed E-state index contributed by atoms with van der Waals surface area (Å²) in [5, 5.41) is 0.867. The topological polar surface area (TPSA) is 56.5 Å². The molecule has 0 N–H and O–H groups in total. The third-order valence-electron chi connectivity index (χ3n) is 2.96. The Bertz CT molecular complexity index is 743. The van der Waals surface area contributed by atoms with Gasteiger partial charge in [-0.2, -0.15) is 0 Å². The highest BCUT2D eigenvalue weighted by Crippen LogP contribution is 2.21. The average molecular weight is 287 g/mol. The molecule has 3 rings (SSSR count). The van der Waals surface area contributed by atoms with Crippen molar-refractivity contribution in [1.82, 2.24) is 14.4 Å². The number of esters is 1. The van der Waals surface area contributed by atoms with Crippen molar-refractivity contribution in [3.05, 3.63) is 51.9 Å². The predicted octanol–water partition coefficient (Wildman–Crippen LogP) is 2.48. The number of aryl methyl sites for hydroxylation is 1. The molecule has 3 heterocycles. The average Bonchev–Trinajstić information content (AvgIpc) is 3.01. The highest BCUT2D eigenvalue weighted by Gasteiger charge is 2.16. The molecule has 0 unspecified atom stereocenters. The van der Waals surface area contributed by atoms with Crippen LogP contribution in [0.2, 0.25) is 0 Å². The second-order valence-corrected chi connectivity index (χ2v) is 5.47. The fourth-order valence-corrected chi connectivity index (χ4v) is 3.04. The Kier molecular flexibility index (Phi) is 3.23. The van der Waals surface area contributed by atoms with E-state index in [1.54, 1.807) is 0 Å². The molecule has 0 aliphatic heterocycles. The molecular formula is C14H13N3O2S. The molecule has 102 valence electrons. The minimum atomic E-state index is -0.332. The molecule has 0 saturated heterocycles. The Morgan fingerprint density at radius 3 is 3.00 bits per heavy atom. The zero-order chi connectivity index (χ0) is 14.1. The maximum Gasteiger partial charge on any atom is 0.349 e. The number of aromatic nitrogens is 3. The lowest BCUT2D eigenvalue weighted by atomic mass is 10.3. The Morgan fingerprint density at radius 2 is 2.25 bits per heavy atom. The predicted molar refractivity (Wildman–Crippen MR) is 76.2 cm³/mol. The van der Waals surface area contributed by atoms with Crippen molar-refractivity contribution in [3.63, 3.8) is 0 Å². The van der Waals surface area contributed by atoms with E-state index >= 15 is 0 Å². The summed E-state index contributed by atoms with van der Waals surface area (Å²) in [5.74, 6) is -0.332. The van der Waals surface area contributed by atoms with E-state index in [1.165, 1.54) is 18.4 Å². The standard InChI is InChI=1S/C14H13N3O2S/c1-9-13(14(18)19-2)20-12(15-9)7-10-8-17-6-4-3-5-11(17)16-10/h3-6,8H,7H2,1-2H3. The zero-order valence-corrected chi connectivity index (χ0v) is 12.0. The third kappa shape index (κ3) is 2.30. The van der Waals surface area contributed by atoms with Crippen molar-refractivity contribution >= 4 is 23.0 Å². The molecule has 3 aromatic rings. The molecule has 0 aliphatic rings. The summed E-state index contributed by atoms with van der Waals surface area (Å²) in [4.78, 5) is 21.1. The first-order chi connectivity index (χ1) is 9.67. The number of ether oxygens (including phenoxy) is 1. The van der Waals surface area contributed by atoms with Crippen LogP contribution in [-0.4, -0.2) is 27.4 Å². The van der Waals surface area contributed by atoms with Crippen LogP contribution >= 0.6 is 11.3 Å². The molecule has 0 saturated carbocycles. The minimum Gasteiger partial charge on any atom is -0.465 e. The lowest BCUT2D eigenvalue weighted by molar-refractivity contribution is 0.0605. The molecule has 0 radical (unpaired) electrons. The van der Waals surface area contributed by atoms with Crippen LogP contribution in [0.15, 0.2) is 30.6 Å². The van der Waals surface area contributed by atoms with Crippen molar-refractivity contribution in [2.45, 2.75) is 13.3 Å². The molecule has 0 atom stereocenters. The summed E-state index contributed by atoms with van der Waals surface area (Å²) in [6.07, 6.45) is 4.55. The lowest BCUT2D eigenvalue weighted by Crippen LogP contribution is -1.99. The zero-order valence-electron chi connectivity index (χ0n) is 11.2. The first kappa shape index (κ1) is 12.8. The lowest BCUT2D eigenvalue weighted by Gasteiger charge is -1.93. The Labute approximate surface area is 119 Å². The summed E-state index contributed by atoms with van der Waals surface area (Å²) in [6.45, 7) is 1.82. The third-order valence-corrected chi connectivity index (χ3v) is 4.10. The second kappa shape index (κ2) is 5.05. The van der Waals surface area contributed by atoms with E-state index in [2.05, 4.69) is 9.97 Å². The highest BCUT2D eigenvalue weighted by molar-refractivity contribution is 7.13. The van der Waals surface area contributed by atoms with Crippen LogP contribution < -0.4 is 0 Å². The van der Waals surface area contributed by atoms with Gasteiger partial charge in [-0.15, -0.1) is 11.3 Å². The summed E-state index contributed by atoms with van der Waals surface area (Å²) in [7, 11) is 1.38. The van der Waals surface area contributed by atoms with Gasteiger partial charge < -0.3 is 9.14 Å². The van der Waals surface area contributed by atoms with Gasteiger partial charge >= 0.3 is 5.97 Å². The van der Waals surface area contributed by atoms with Crippen molar-refractivity contribution in [3.8, 4) is 0 Å². The van der Waals surface area contributed by atoms with Crippen molar-refractivity contribution < 1.29 is 9.53 Å². The monoisotopic (exact) mass is 287 g/mol. The normalized spacial score (nSPS) is 10.9. The van der Waals surface area contributed by atoms with Gasteiger partial charge in [0, 0.05) is 18.8 Å². The van der Waals surface area contributed by atoms with E-state index < -0.39 is 0 Å². The van der Waals surface area contributed by atoms with Crippen LogP contribution in [-0.2, 0) is 11.2 Å². The Balaban J connectivity index is 1.89. The molecule has 6 heteroatoms. The SMILES string of the molecule is COC(=O)c1sc(Cc2cn3ccccc3n2)nc1C. The number of pyridine rings is 1. The van der Waals surface area contributed by atoms with Crippen molar-refractivity contribution in [1.29, 1.82) is 0 Å². The number of hydrogen-bond acceptors (Lipinski definition) is 5. The fourth-order valence-electron chi connectivity index (χ4n) is 2.04. The number of nitrogens with zero attached hydrogens (tertiary/aromatic N) is 3. The first-order valence-electron chi connectivity index (χ1n) is 6.14. The molecule has 0 aliphatic carbocycles. The molecule has 3 aromatic heterocycles. The fraction of sp³-hybridized carbons (Fsp3) is 0.214. The van der Waals surface area contributed by atoms with Gasteiger partial charge in [-0.25, -0.2) is 14.8 Å². The molecule has 0 fully saturated rings. The number of imidazole rings is 1. The van der Waals surface area contributed by atoms with E-state index in [4.69, 9.17) is 4.74 Å². The van der Waals surface area contributed by atoms with Gasteiger partial charge in [0.05, 0.1) is 23.5 Å². The summed E-state index contributed by atoms with van der Waals surface area (Å²) in [6, 6.07) is 5.87. The minimum absolute atomic E-state index is 0.332. The van der Waals surface area contributed by atoms with E-state index in [-0.39, 0.29) is 5.97 Å². The number of rotatable bonds is 3. The van der Waals surface area contributed by atoms with Crippen molar-refractivity contribution in [2.75, 3.05) is 7.11 Å². The first-order valence-corrected chi connectivity index (χ1v) is 6.96. The van der Waals surface area contributed by atoms with Gasteiger partial charge in [-0.05, 0) is 19.1 Å². The molecule has 0 amide bonds. The Morgan fingerprint density at radius 1 is 1.40 bits per heavy atom. The molecule has 20 heavy (non-hydrogen) atoms. The van der Waals surface area contributed by atoms with E-state index in [0.29, 0.717) is 17.0 Å². The molecular weight excluding hydrogens is 274 g/mol. The van der Waals surface area contributed by atoms with Gasteiger partial charge in [0.2, 0.25) is 0 Å². The van der Waals surface area contributed by atoms with Crippen LogP contribution in [0.4, 0.5) is 0 Å². The summed E-state index contributed by atoms with van der Waals surface area (Å²) >= 11 is 1.36. The van der Waals surface area contributed by atoms with Gasteiger partial charge in [0.25, 0.3) is 0 Å². The van der Waals surface area contributed by atoms with E-state index in [1.807, 2.05) is 41.9 Å². The van der Waals surface area contributed by atoms with Crippen LogP contribution in [0.25, 0.3) is 5.65 Å². The smallest absolute Gasteiger partial charge is 0.349 e. The van der Waals surface area contributed by atoms with Crippen molar-refractivity contribution in [2.24, 2.45) is 0 Å². The largest absolute Gasteiger partial charge is 0.465 e. The molecule has 0 spiro atoms. The van der Waals surface area contributed by atoms with E-state index in [9.17, 15) is 4.79 Å². The number of thiazole rings is 1. The second-order valence-electron chi connectivity index (χ2n) is 4.39. The number of hydrogen-bond donors (Lipinski definition) is 0. The molecule has 0 bridgehead atoms. The maximum absolute atomic E-state index is 11.6. The molecule has 0 aromatic carbocycles. The summed E-state index contributed by atoms with van der Waals surface area (Å²) < 4.78 is 6.71. The number of fused-ring (bicyclic) bond motifs is 1. The van der Waals surface area contributed by atoms with Gasteiger partial charge in [-0.1, -0.05) is 6.07 Å². The Hall–Kier alpha value is -2.21. The van der Waals surface area contributed by atoms with Crippen LogP contribution in [0.3, 0.4) is 0 Å². The van der Waals surface area contributed by atoms with Gasteiger partial charge in [0.1, 0.15) is 10.5 Å². The number of carbonyl (C=O) groups is 1. The van der Waals surface area contributed by atoms with Gasteiger partial charge in [0.15, 0.2) is 0 Å².